The lowest BCUT2D eigenvalue weighted by atomic mass is 10.1. The molecular weight excluding hydrogens is 200 g/mol. The average Bonchev–Trinajstić information content (AvgIpc) is 2.57. The monoisotopic (exact) mass is 216 g/mol. The van der Waals surface area contributed by atoms with Gasteiger partial charge in [0.25, 0.3) is 0 Å². The fourth-order valence-electron chi connectivity index (χ4n) is 2.00. The lowest BCUT2D eigenvalue weighted by Crippen LogP contribution is -2.22. The minimum atomic E-state index is 0.0280. The summed E-state index contributed by atoms with van der Waals surface area (Å²) in [5, 5.41) is 4.09. The minimum Gasteiger partial charge on any atom is -0.356 e. The molecule has 0 spiro atoms. The Morgan fingerprint density at radius 2 is 2.12 bits per heavy atom. The van der Waals surface area contributed by atoms with Crippen LogP contribution in [0, 0.1) is 0 Å². The summed E-state index contributed by atoms with van der Waals surface area (Å²) in [4.78, 5) is 10.8. The van der Waals surface area contributed by atoms with E-state index in [2.05, 4.69) is 28.2 Å². The summed E-state index contributed by atoms with van der Waals surface area (Å²) in [6.07, 6.45) is 3.01. The SMILES string of the molecule is CC(=O)NCCc1cn(C)c2ccccc12. The van der Waals surface area contributed by atoms with Crippen molar-refractivity contribution in [3.05, 3.63) is 36.0 Å². The molecule has 0 aliphatic heterocycles. The van der Waals surface area contributed by atoms with Gasteiger partial charge in [-0.2, -0.15) is 0 Å². The van der Waals surface area contributed by atoms with Gasteiger partial charge in [-0.1, -0.05) is 18.2 Å². The van der Waals surface area contributed by atoms with Crippen LogP contribution in [-0.2, 0) is 18.3 Å². The molecular formula is C13H16N2O. The van der Waals surface area contributed by atoms with Crippen molar-refractivity contribution in [3.8, 4) is 0 Å². The molecule has 3 nitrogen and oxygen atoms in total. The van der Waals surface area contributed by atoms with Crippen LogP contribution in [0.4, 0.5) is 0 Å². The van der Waals surface area contributed by atoms with Gasteiger partial charge in [0.15, 0.2) is 0 Å². The summed E-state index contributed by atoms with van der Waals surface area (Å²) in [5.74, 6) is 0.0280. The van der Waals surface area contributed by atoms with E-state index >= 15 is 0 Å². The zero-order valence-electron chi connectivity index (χ0n) is 9.66. The number of fused-ring (bicyclic) bond motifs is 1. The second-order valence-corrected chi connectivity index (χ2v) is 4.02. The van der Waals surface area contributed by atoms with E-state index in [1.807, 2.05) is 19.2 Å². The molecule has 0 unspecified atom stereocenters. The maximum Gasteiger partial charge on any atom is 0.216 e. The lowest BCUT2D eigenvalue weighted by molar-refractivity contribution is -0.118. The summed E-state index contributed by atoms with van der Waals surface area (Å²) < 4.78 is 2.12. The Labute approximate surface area is 95.1 Å². The Kier molecular flexibility index (Phi) is 2.95. The van der Waals surface area contributed by atoms with E-state index in [0.29, 0.717) is 6.54 Å². The zero-order chi connectivity index (χ0) is 11.5. The van der Waals surface area contributed by atoms with Crippen LogP contribution in [0.2, 0.25) is 0 Å². The fourth-order valence-corrected chi connectivity index (χ4v) is 2.00. The van der Waals surface area contributed by atoms with E-state index in [-0.39, 0.29) is 5.91 Å². The van der Waals surface area contributed by atoms with E-state index in [4.69, 9.17) is 0 Å². The molecule has 1 amide bonds. The highest BCUT2D eigenvalue weighted by Gasteiger charge is 2.05. The predicted octanol–water partition coefficient (Wildman–Crippen LogP) is 1.86. The standard InChI is InChI=1S/C13H16N2O/c1-10(16)14-8-7-11-9-15(2)13-6-4-3-5-12(11)13/h3-6,9H,7-8H2,1-2H3,(H,14,16). The van der Waals surface area contributed by atoms with Gasteiger partial charge < -0.3 is 9.88 Å². The Hall–Kier alpha value is -1.77. The van der Waals surface area contributed by atoms with Crippen LogP contribution in [0.5, 0.6) is 0 Å². The largest absolute Gasteiger partial charge is 0.356 e. The van der Waals surface area contributed by atoms with Crippen molar-refractivity contribution in [1.29, 1.82) is 0 Å². The normalized spacial score (nSPS) is 10.6. The number of benzene rings is 1. The van der Waals surface area contributed by atoms with Crippen LogP contribution in [0.25, 0.3) is 10.9 Å². The summed E-state index contributed by atoms with van der Waals surface area (Å²) >= 11 is 0. The zero-order valence-corrected chi connectivity index (χ0v) is 9.66. The van der Waals surface area contributed by atoms with Crippen molar-refractivity contribution in [2.45, 2.75) is 13.3 Å². The molecule has 0 radical (unpaired) electrons. The van der Waals surface area contributed by atoms with Gasteiger partial charge in [-0.3, -0.25) is 4.79 Å². The smallest absolute Gasteiger partial charge is 0.216 e. The van der Waals surface area contributed by atoms with E-state index in [1.54, 1.807) is 6.92 Å². The molecule has 16 heavy (non-hydrogen) atoms. The first kappa shape index (κ1) is 10.7. The number of para-hydroxylation sites is 1. The molecule has 0 bridgehead atoms. The van der Waals surface area contributed by atoms with Crippen molar-refractivity contribution < 1.29 is 4.79 Å². The maximum absolute atomic E-state index is 10.8. The number of nitrogens with one attached hydrogen (secondary N) is 1. The molecule has 0 fully saturated rings. The molecule has 0 aliphatic rings. The Balaban J connectivity index is 2.21. The molecule has 1 aromatic heterocycles. The molecule has 1 aromatic carbocycles. The van der Waals surface area contributed by atoms with Gasteiger partial charge in [-0.15, -0.1) is 0 Å². The molecule has 0 aliphatic carbocycles. The van der Waals surface area contributed by atoms with Gasteiger partial charge in [-0.05, 0) is 18.1 Å². The number of carbonyl (C=O) groups is 1. The number of aromatic nitrogens is 1. The van der Waals surface area contributed by atoms with Crippen LogP contribution in [0.15, 0.2) is 30.5 Å². The molecule has 2 rings (SSSR count). The molecule has 1 N–H and O–H groups in total. The van der Waals surface area contributed by atoms with Crippen molar-refractivity contribution >= 4 is 16.8 Å². The number of amides is 1. The van der Waals surface area contributed by atoms with E-state index in [1.165, 1.54) is 16.5 Å². The van der Waals surface area contributed by atoms with Crippen molar-refractivity contribution in [3.63, 3.8) is 0 Å². The van der Waals surface area contributed by atoms with Gasteiger partial charge in [-0.25, -0.2) is 0 Å². The number of nitrogens with zero attached hydrogens (tertiary/aromatic N) is 1. The van der Waals surface area contributed by atoms with Crippen LogP contribution in [-0.4, -0.2) is 17.0 Å². The average molecular weight is 216 g/mol. The quantitative estimate of drug-likeness (QED) is 0.834. The summed E-state index contributed by atoms with van der Waals surface area (Å²) in [6, 6.07) is 8.32. The van der Waals surface area contributed by atoms with Gasteiger partial charge in [0.2, 0.25) is 5.91 Å². The molecule has 2 aromatic rings. The van der Waals surface area contributed by atoms with Crippen LogP contribution < -0.4 is 5.32 Å². The van der Waals surface area contributed by atoms with Crippen LogP contribution in [0.1, 0.15) is 12.5 Å². The van der Waals surface area contributed by atoms with Gasteiger partial charge in [0.1, 0.15) is 0 Å². The van der Waals surface area contributed by atoms with Gasteiger partial charge in [0.05, 0.1) is 0 Å². The van der Waals surface area contributed by atoms with E-state index in [9.17, 15) is 4.79 Å². The number of hydrogen-bond donors (Lipinski definition) is 1. The summed E-state index contributed by atoms with van der Waals surface area (Å²) in [5.41, 5.74) is 2.52. The number of rotatable bonds is 3. The highest BCUT2D eigenvalue weighted by molar-refractivity contribution is 5.84. The summed E-state index contributed by atoms with van der Waals surface area (Å²) in [6.45, 7) is 2.24. The molecule has 0 atom stereocenters. The van der Waals surface area contributed by atoms with E-state index < -0.39 is 0 Å². The minimum absolute atomic E-state index is 0.0280. The molecule has 0 saturated heterocycles. The first-order valence-electron chi connectivity index (χ1n) is 5.46. The van der Waals surface area contributed by atoms with Crippen LogP contribution in [0.3, 0.4) is 0 Å². The van der Waals surface area contributed by atoms with Gasteiger partial charge >= 0.3 is 0 Å². The first-order chi connectivity index (χ1) is 7.68. The maximum atomic E-state index is 10.8. The van der Waals surface area contributed by atoms with Crippen molar-refractivity contribution in [2.24, 2.45) is 7.05 Å². The van der Waals surface area contributed by atoms with Crippen molar-refractivity contribution in [1.82, 2.24) is 9.88 Å². The predicted molar refractivity (Wildman–Crippen MR) is 65.3 cm³/mol. The molecule has 0 saturated carbocycles. The second kappa shape index (κ2) is 4.39. The Bertz CT molecular complexity index is 514. The third-order valence-corrected chi connectivity index (χ3v) is 2.75. The number of hydrogen-bond acceptors (Lipinski definition) is 1. The third kappa shape index (κ3) is 2.08. The molecule has 3 heteroatoms. The number of aryl methyl sites for hydroxylation is 1. The topological polar surface area (TPSA) is 34.0 Å². The number of carbonyl (C=O) groups excluding carboxylic acids is 1. The highest BCUT2D eigenvalue weighted by atomic mass is 16.1. The van der Waals surface area contributed by atoms with Gasteiger partial charge in [0, 0.05) is 37.6 Å². The summed E-state index contributed by atoms with van der Waals surface area (Å²) in [7, 11) is 2.05. The molecule has 84 valence electrons. The second-order valence-electron chi connectivity index (χ2n) is 4.02. The third-order valence-electron chi connectivity index (χ3n) is 2.75. The Morgan fingerprint density at radius 1 is 1.38 bits per heavy atom. The Morgan fingerprint density at radius 3 is 2.88 bits per heavy atom. The van der Waals surface area contributed by atoms with E-state index in [0.717, 1.165) is 6.42 Å². The first-order valence-corrected chi connectivity index (χ1v) is 5.46. The highest BCUT2D eigenvalue weighted by Crippen LogP contribution is 2.20. The fraction of sp³-hybridized carbons (Fsp3) is 0.308. The van der Waals surface area contributed by atoms with Crippen LogP contribution >= 0.6 is 0 Å². The lowest BCUT2D eigenvalue weighted by Gasteiger charge is -2.00. The molecule has 1 heterocycles. The van der Waals surface area contributed by atoms with Crippen molar-refractivity contribution in [2.75, 3.05) is 6.54 Å².